The van der Waals surface area contributed by atoms with Crippen molar-refractivity contribution in [3.8, 4) is 0 Å². The van der Waals surface area contributed by atoms with Crippen LogP contribution in [0.4, 0.5) is 4.79 Å². The molecule has 1 amide bonds. The Balaban J connectivity index is 1.71. The van der Waals surface area contributed by atoms with E-state index in [1.807, 2.05) is 0 Å². The van der Waals surface area contributed by atoms with E-state index < -0.39 is 0 Å². The maximum absolute atomic E-state index is 10.9. The SMILES string of the molecule is COC(=O)NCC[C@H]1CC[C@@H]2[C@H]1C2(Br)Br. The molecule has 1 N–H and O–H groups in total. The lowest BCUT2D eigenvalue weighted by Crippen LogP contribution is -2.26. The maximum atomic E-state index is 10.9. The third kappa shape index (κ3) is 2.18. The van der Waals surface area contributed by atoms with Crippen molar-refractivity contribution < 1.29 is 9.53 Å². The zero-order valence-electron chi connectivity index (χ0n) is 8.63. The first-order valence-electron chi connectivity index (χ1n) is 5.27. The molecule has 0 aromatic carbocycles. The lowest BCUT2D eigenvalue weighted by atomic mass is 10.00. The van der Waals surface area contributed by atoms with Crippen LogP contribution in [0.1, 0.15) is 19.3 Å². The summed E-state index contributed by atoms with van der Waals surface area (Å²) >= 11 is 7.42. The van der Waals surface area contributed by atoms with Crippen molar-refractivity contribution in [3.05, 3.63) is 0 Å². The summed E-state index contributed by atoms with van der Waals surface area (Å²) in [5.74, 6) is 2.27. The van der Waals surface area contributed by atoms with Crippen LogP contribution in [0, 0.1) is 17.8 Å². The molecule has 0 heterocycles. The molecule has 0 unspecified atom stereocenters. The minimum Gasteiger partial charge on any atom is -0.453 e. The fourth-order valence-corrected chi connectivity index (χ4v) is 4.91. The molecule has 15 heavy (non-hydrogen) atoms. The Morgan fingerprint density at radius 2 is 2.27 bits per heavy atom. The van der Waals surface area contributed by atoms with E-state index in [2.05, 4.69) is 41.9 Å². The van der Waals surface area contributed by atoms with E-state index in [0.29, 0.717) is 0 Å². The standard InChI is InChI=1S/C10H15Br2NO2/c1-15-9(14)13-5-4-6-2-3-7-8(6)10(7,11)12/h6-8H,2-5H2,1H3,(H,13,14)/t6-,7-,8+/m1/s1. The van der Waals surface area contributed by atoms with Crippen LogP contribution in [0.15, 0.2) is 0 Å². The molecule has 2 aliphatic carbocycles. The van der Waals surface area contributed by atoms with Crippen LogP contribution in [0.2, 0.25) is 0 Å². The fraction of sp³-hybridized carbons (Fsp3) is 0.900. The number of nitrogens with one attached hydrogen (secondary N) is 1. The molecule has 86 valence electrons. The molecule has 2 fully saturated rings. The third-order valence-electron chi connectivity index (χ3n) is 3.59. The first-order chi connectivity index (χ1) is 7.07. The maximum Gasteiger partial charge on any atom is 0.406 e. The molecule has 0 aliphatic heterocycles. The summed E-state index contributed by atoms with van der Waals surface area (Å²) in [6.07, 6.45) is 3.31. The van der Waals surface area contributed by atoms with Gasteiger partial charge in [-0.15, -0.1) is 0 Å². The second-order valence-electron chi connectivity index (χ2n) is 4.35. The largest absolute Gasteiger partial charge is 0.453 e. The van der Waals surface area contributed by atoms with Crippen LogP contribution < -0.4 is 5.32 Å². The monoisotopic (exact) mass is 339 g/mol. The molecule has 2 aliphatic rings. The molecular weight excluding hydrogens is 326 g/mol. The molecule has 3 nitrogen and oxygen atoms in total. The van der Waals surface area contributed by atoms with Gasteiger partial charge in [0.15, 0.2) is 0 Å². The Labute approximate surface area is 107 Å². The van der Waals surface area contributed by atoms with E-state index >= 15 is 0 Å². The van der Waals surface area contributed by atoms with Gasteiger partial charge in [-0.25, -0.2) is 4.79 Å². The van der Waals surface area contributed by atoms with E-state index in [4.69, 9.17) is 0 Å². The number of hydrogen-bond donors (Lipinski definition) is 1. The van der Waals surface area contributed by atoms with Gasteiger partial charge in [0.05, 0.1) is 10.3 Å². The Hall–Kier alpha value is 0.230. The van der Waals surface area contributed by atoms with E-state index in [1.54, 1.807) is 0 Å². The van der Waals surface area contributed by atoms with Gasteiger partial charge in [0.1, 0.15) is 0 Å². The summed E-state index contributed by atoms with van der Waals surface area (Å²) < 4.78 is 4.73. The van der Waals surface area contributed by atoms with Gasteiger partial charge in [0, 0.05) is 6.54 Å². The fourth-order valence-electron chi connectivity index (χ4n) is 2.76. The van der Waals surface area contributed by atoms with E-state index in [1.165, 1.54) is 20.0 Å². The highest BCUT2D eigenvalue weighted by atomic mass is 79.9. The second kappa shape index (κ2) is 4.24. The lowest BCUT2D eigenvalue weighted by Gasteiger charge is -2.15. The lowest BCUT2D eigenvalue weighted by molar-refractivity contribution is 0.170. The van der Waals surface area contributed by atoms with Crippen LogP contribution in [0.25, 0.3) is 0 Å². The minimum atomic E-state index is -0.329. The van der Waals surface area contributed by atoms with Crippen molar-refractivity contribution in [1.29, 1.82) is 0 Å². The highest BCUT2D eigenvalue weighted by Crippen LogP contribution is 2.71. The van der Waals surface area contributed by atoms with E-state index in [-0.39, 0.29) is 9.33 Å². The summed E-state index contributed by atoms with van der Waals surface area (Å²) in [5.41, 5.74) is 0. The smallest absolute Gasteiger partial charge is 0.406 e. The van der Waals surface area contributed by atoms with Crippen LogP contribution in [-0.4, -0.2) is 23.0 Å². The highest BCUT2D eigenvalue weighted by Gasteiger charge is 2.66. The molecule has 0 bridgehead atoms. The predicted octanol–water partition coefficient (Wildman–Crippen LogP) is 2.87. The average Bonchev–Trinajstić information content (AvgIpc) is 2.61. The summed E-state index contributed by atoms with van der Waals surface area (Å²) in [6.45, 7) is 0.719. The van der Waals surface area contributed by atoms with Gasteiger partial charge in [0.25, 0.3) is 0 Å². The molecule has 0 radical (unpaired) electrons. The van der Waals surface area contributed by atoms with Gasteiger partial charge in [-0.2, -0.15) is 0 Å². The number of amides is 1. The zero-order chi connectivity index (χ0) is 11.1. The number of carbonyl (C=O) groups is 1. The minimum absolute atomic E-state index is 0.203. The molecule has 0 aromatic heterocycles. The zero-order valence-corrected chi connectivity index (χ0v) is 11.8. The van der Waals surface area contributed by atoms with E-state index in [0.717, 1.165) is 30.7 Å². The van der Waals surface area contributed by atoms with Gasteiger partial charge < -0.3 is 10.1 Å². The Morgan fingerprint density at radius 1 is 1.53 bits per heavy atom. The number of ether oxygens (including phenoxy) is 1. The first kappa shape index (κ1) is 11.7. The number of alkyl carbamates (subject to hydrolysis) is 1. The van der Waals surface area contributed by atoms with Crippen LogP contribution in [-0.2, 0) is 4.74 Å². The van der Waals surface area contributed by atoms with Crippen LogP contribution >= 0.6 is 31.9 Å². The van der Waals surface area contributed by atoms with Gasteiger partial charge in [-0.3, -0.25) is 0 Å². The average molecular weight is 341 g/mol. The molecule has 2 saturated carbocycles. The van der Waals surface area contributed by atoms with Crippen molar-refractivity contribution in [2.24, 2.45) is 17.8 Å². The van der Waals surface area contributed by atoms with Crippen molar-refractivity contribution in [2.45, 2.75) is 22.5 Å². The molecule has 3 atom stereocenters. The molecule has 2 rings (SSSR count). The normalized spacial score (nSPS) is 35.8. The van der Waals surface area contributed by atoms with Gasteiger partial charge in [-0.05, 0) is 37.0 Å². The van der Waals surface area contributed by atoms with Gasteiger partial charge in [0.2, 0.25) is 0 Å². The third-order valence-corrected chi connectivity index (χ3v) is 5.82. The van der Waals surface area contributed by atoms with Crippen molar-refractivity contribution >= 4 is 38.0 Å². The van der Waals surface area contributed by atoms with Crippen molar-refractivity contribution in [1.82, 2.24) is 5.32 Å². The highest BCUT2D eigenvalue weighted by molar-refractivity contribution is 9.25. The number of carbonyl (C=O) groups excluding carboxylic acids is 1. The van der Waals surface area contributed by atoms with Crippen molar-refractivity contribution in [3.63, 3.8) is 0 Å². The molecule has 5 heteroatoms. The first-order valence-corrected chi connectivity index (χ1v) is 6.85. The topological polar surface area (TPSA) is 38.3 Å². The molecule has 0 spiro atoms. The van der Waals surface area contributed by atoms with Crippen LogP contribution in [0.5, 0.6) is 0 Å². The van der Waals surface area contributed by atoms with Gasteiger partial charge >= 0.3 is 6.09 Å². The Morgan fingerprint density at radius 3 is 2.80 bits per heavy atom. The number of rotatable bonds is 3. The van der Waals surface area contributed by atoms with Crippen molar-refractivity contribution in [2.75, 3.05) is 13.7 Å². The number of hydrogen-bond acceptors (Lipinski definition) is 2. The summed E-state index contributed by atoms with van der Waals surface area (Å²) in [7, 11) is 1.39. The Kier molecular flexibility index (Phi) is 3.31. The quantitative estimate of drug-likeness (QED) is 0.802. The second-order valence-corrected chi connectivity index (χ2v) is 8.04. The predicted molar refractivity (Wildman–Crippen MR) is 65.3 cm³/mol. The summed E-state index contributed by atoms with van der Waals surface area (Å²) in [4.78, 5) is 10.9. The molecule has 0 aromatic rings. The number of methoxy groups -OCH3 is 1. The molecular formula is C10H15Br2NO2. The summed E-state index contributed by atoms with van der Waals surface area (Å²) in [6, 6.07) is 0. The number of alkyl halides is 2. The van der Waals surface area contributed by atoms with Gasteiger partial charge in [-0.1, -0.05) is 31.9 Å². The Bertz CT molecular complexity index is 270. The number of halogens is 2. The summed E-state index contributed by atoms with van der Waals surface area (Å²) in [5, 5.41) is 2.73. The number of fused-ring (bicyclic) bond motifs is 1. The molecule has 0 saturated heterocycles. The van der Waals surface area contributed by atoms with E-state index in [9.17, 15) is 4.79 Å². The van der Waals surface area contributed by atoms with Crippen LogP contribution in [0.3, 0.4) is 0 Å².